The van der Waals surface area contributed by atoms with E-state index in [4.69, 9.17) is 10.5 Å². The summed E-state index contributed by atoms with van der Waals surface area (Å²) in [4.78, 5) is 2.55. The average molecular weight is 214 g/mol. The molecule has 0 amide bonds. The van der Waals surface area contributed by atoms with Gasteiger partial charge in [0, 0.05) is 32.3 Å². The number of ether oxygens (including phenoxy) is 1. The smallest absolute Gasteiger partial charge is 0.0589 e. The number of hydrogen-bond acceptors (Lipinski definition) is 3. The topological polar surface area (TPSA) is 38.5 Å². The van der Waals surface area contributed by atoms with Gasteiger partial charge in [-0.15, -0.1) is 0 Å². The van der Waals surface area contributed by atoms with Crippen molar-refractivity contribution in [1.29, 1.82) is 0 Å². The van der Waals surface area contributed by atoms with E-state index in [1.165, 1.54) is 19.3 Å². The molecule has 1 saturated carbocycles. The summed E-state index contributed by atoms with van der Waals surface area (Å²) in [6.45, 7) is 8.30. The molecule has 0 heterocycles. The minimum absolute atomic E-state index is 0.294. The van der Waals surface area contributed by atoms with E-state index < -0.39 is 0 Å². The Morgan fingerprint density at radius 1 is 1.40 bits per heavy atom. The molecule has 0 aromatic rings. The largest absolute Gasteiger partial charge is 0.383 e. The van der Waals surface area contributed by atoms with Gasteiger partial charge in [0.15, 0.2) is 0 Å². The zero-order chi connectivity index (χ0) is 11.3. The van der Waals surface area contributed by atoms with Crippen molar-refractivity contribution in [3.63, 3.8) is 0 Å². The molecule has 1 aliphatic carbocycles. The van der Waals surface area contributed by atoms with Gasteiger partial charge in [0.1, 0.15) is 0 Å². The van der Waals surface area contributed by atoms with Crippen molar-refractivity contribution < 1.29 is 4.74 Å². The van der Waals surface area contributed by atoms with E-state index in [2.05, 4.69) is 18.7 Å². The van der Waals surface area contributed by atoms with Crippen molar-refractivity contribution in [2.75, 3.05) is 33.4 Å². The van der Waals surface area contributed by atoms with Crippen LogP contribution in [0.15, 0.2) is 0 Å². The lowest BCUT2D eigenvalue weighted by atomic mass is 9.75. The molecule has 0 saturated heterocycles. The maximum Gasteiger partial charge on any atom is 0.0589 e. The van der Waals surface area contributed by atoms with Crippen LogP contribution >= 0.6 is 0 Å². The summed E-state index contributed by atoms with van der Waals surface area (Å²) in [5, 5.41) is 0. The Hall–Kier alpha value is -0.120. The van der Waals surface area contributed by atoms with Crippen molar-refractivity contribution >= 4 is 0 Å². The monoisotopic (exact) mass is 214 g/mol. The maximum atomic E-state index is 5.93. The van der Waals surface area contributed by atoms with E-state index in [0.717, 1.165) is 26.2 Å². The molecule has 90 valence electrons. The number of methoxy groups -OCH3 is 1. The van der Waals surface area contributed by atoms with Crippen molar-refractivity contribution in [2.24, 2.45) is 11.7 Å². The zero-order valence-corrected chi connectivity index (χ0v) is 10.5. The lowest BCUT2D eigenvalue weighted by Crippen LogP contribution is -2.60. The molecule has 0 unspecified atom stereocenters. The molecule has 0 aromatic carbocycles. The van der Waals surface area contributed by atoms with Crippen molar-refractivity contribution in [1.82, 2.24) is 4.90 Å². The van der Waals surface area contributed by atoms with Gasteiger partial charge in [-0.2, -0.15) is 0 Å². The fourth-order valence-corrected chi connectivity index (χ4v) is 2.40. The minimum Gasteiger partial charge on any atom is -0.383 e. The quantitative estimate of drug-likeness (QED) is 0.697. The molecule has 2 N–H and O–H groups in total. The minimum atomic E-state index is 0.294. The summed E-state index contributed by atoms with van der Waals surface area (Å²) >= 11 is 0. The molecule has 0 atom stereocenters. The van der Waals surface area contributed by atoms with Gasteiger partial charge in [-0.1, -0.05) is 13.8 Å². The summed E-state index contributed by atoms with van der Waals surface area (Å²) in [7, 11) is 1.77. The first kappa shape index (κ1) is 12.9. The molecule has 0 aliphatic heterocycles. The highest BCUT2D eigenvalue weighted by Crippen LogP contribution is 2.37. The van der Waals surface area contributed by atoms with Crippen LogP contribution in [0.1, 0.15) is 33.1 Å². The van der Waals surface area contributed by atoms with Crippen LogP contribution in [0, 0.1) is 5.92 Å². The van der Waals surface area contributed by atoms with E-state index in [1.54, 1.807) is 7.11 Å². The van der Waals surface area contributed by atoms with E-state index in [9.17, 15) is 0 Å². The van der Waals surface area contributed by atoms with Crippen molar-refractivity contribution in [2.45, 2.75) is 38.6 Å². The van der Waals surface area contributed by atoms with Gasteiger partial charge in [0.2, 0.25) is 0 Å². The van der Waals surface area contributed by atoms with Crippen LogP contribution < -0.4 is 5.73 Å². The Kier molecular flexibility index (Phi) is 5.03. The lowest BCUT2D eigenvalue weighted by molar-refractivity contribution is -0.00195. The van der Waals surface area contributed by atoms with Crippen LogP contribution in [0.2, 0.25) is 0 Å². The SMILES string of the molecule is COCCN(CC(C)C)C1(CN)CCC1. The van der Waals surface area contributed by atoms with E-state index in [0.29, 0.717) is 11.5 Å². The summed E-state index contributed by atoms with van der Waals surface area (Å²) in [6, 6.07) is 0. The standard InChI is InChI=1S/C12H26N2O/c1-11(2)9-14(7-8-15-3)12(10-13)5-4-6-12/h11H,4-10,13H2,1-3H3. The normalized spacial score (nSPS) is 19.6. The second-order valence-electron chi connectivity index (χ2n) is 5.11. The second-order valence-corrected chi connectivity index (χ2v) is 5.11. The molecule has 0 radical (unpaired) electrons. The molecule has 3 nitrogen and oxygen atoms in total. The number of nitrogens with two attached hydrogens (primary N) is 1. The molecule has 15 heavy (non-hydrogen) atoms. The lowest BCUT2D eigenvalue weighted by Gasteiger charge is -2.50. The molecule has 3 heteroatoms. The zero-order valence-electron chi connectivity index (χ0n) is 10.5. The van der Waals surface area contributed by atoms with Crippen LogP contribution in [0.4, 0.5) is 0 Å². The Balaban J connectivity index is 2.53. The van der Waals surface area contributed by atoms with Crippen LogP contribution in [-0.4, -0.2) is 43.8 Å². The fourth-order valence-electron chi connectivity index (χ4n) is 2.40. The van der Waals surface area contributed by atoms with E-state index >= 15 is 0 Å². The Morgan fingerprint density at radius 2 is 2.07 bits per heavy atom. The van der Waals surface area contributed by atoms with Gasteiger partial charge in [-0.3, -0.25) is 4.90 Å². The molecule has 1 aliphatic rings. The molecule has 0 aromatic heterocycles. The third-order valence-electron chi connectivity index (χ3n) is 3.49. The Morgan fingerprint density at radius 3 is 2.40 bits per heavy atom. The highest BCUT2D eigenvalue weighted by Gasteiger charge is 2.40. The molecule has 0 bridgehead atoms. The first-order valence-corrected chi connectivity index (χ1v) is 6.08. The Bertz CT molecular complexity index is 173. The number of rotatable bonds is 7. The van der Waals surface area contributed by atoms with Crippen molar-refractivity contribution in [3.8, 4) is 0 Å². The van der Waals surface area contributed by atoms with Gasteiger partial charge in [-0.25, -0.2) is 0 Å². The van der Waals surface area contributed by atoms with Gasteiger partial charge >= 0.3 is 0 Å². The van der Waals surface area contributed by atoms with E-state index in [-0.39, 0.29) is 0 Å². The summed E-state index contributed by atoms with van der Waals surface area (Å²) in [6.07, 6.45) is 3.86. The van der Waals surface area contributed by atoms with Crippen molar-refractivity contribution in [3.05, 3.63) is 0 Å². The van der Waals surface area contributed by atoms with Crippen LogP contribution in [-0.2, 0) is 4.74 Å². The third-order valence-corrected chi connectivity index (χ3v) is 3.49. The van der Waals surface area contributed by atoms with Crippen LogP contribution in [0.3, 0.4) is 0 Å². The first-order chi connectivity index (χ1) is 7.14. The van der Waals surface area contributed by atoms with E-state index in [1.807, 2.05) is 0 Å². The summed E-state index contributed by atoms with van der Waals surface area (Å²) < 4.78 is 5.18. The number of nitrogens with zero attached hydrogens (tertiary/aromatic N) is 1. The van der Waals surface area contributed by atoms with Crippen LogP contribution in [0.25, 0.3) is 0 Å². The fraction of sp³-hybridized carbons (Fsp3) is 1.00. The van der Waals surface area contributed by atoms with Gasteiger partial charge < -0.3 is 10.5 Å². The first-order valence-electron chi connectivity index (χ1n) is 6.08. The van der Waals surface area contributed by atoms with Gasteiger partial charge in [-0.05, 0) is 25.2 Å². The molecule has 1 fully saturated rings. The van der Waals surface area contributed by atoms with Gasteiger partial charge in [0.25, 0.3) is 0 Å². The summed E-state index contributed by atoms with van der Waals surface area (Å²) in [5.41, 5.74) is 6.23. The average Bonchev–Trinajstić information content (AvgIpc) is 2.12. The molecule has 1 rings (SSSR count). The Labute approximate surface area is 94.0 Å². The molecular weight excluding hydrogens is 188 g/mol. The third kappa shape index (κ3) is 3.16. The van der Waals surface area contributed by atoms with Gasteiger partial charge in [0.05, 0.1) is 6.61 Å². The number of hydrogen-bond donors (Lipinski definition) is 1. The second kappa shape index (κ2) is 5.83. The predicted octanol–water partition coefficient (Wildman–Crippen LogP) is 1.47. The van der Waals surface area contributed by atoms with Crippen LogP contribution in [0.5, 0.6) is 0 Å². The summed E-state index contributed by atoms with van der Waals surface area (Å²) in [5.74, 6) is 0.700. The molecule has 0 spiro atoms. The predicted molar refractivity (Wildman–Crippen MR) is 63.9 cm³/mol. The molecular formula is C12H26N2O. The highest BCUT2D eigenvalue weighted by molar-refractivity contribution is 4.99. The maximum absolute atomic E-state index is 5.93. The highest BCUT2D eigenvalue weighted by atomic mass is 16.5.